The van der Waals surface area contributed by atoms with Gasteiger partial charge in [-0.15, -0.1) is 0 Å². The van der Waals surface area contributed by atoms with E-state index in [2.05, 4.69) is 17.9 Å². The first-order valence-electron chi connectivity index (χ1n) is 4.64. The normalized spacial score (nSPS) is 26.9. The van der Waals surface area contributed by atoms with Crippen LogP contribution in [-0.2, 0) is 0 Å². The van der Waals surface area contributed by atoms with E-state index in [1.807, 2.05) is 0 Å². The molecule has 3 heteroatoms. The summed E-state index contributed by atoms with van der Waals surface area (Å²) >= 11 is 0. The molecule has 68 valence electrons. The quantitative estimate of drug-likeness (QED) is 0.673. The molecule has 0 spiro atoms. The van der Waals surface area contributed by atoms with Crippen LogP contribution in [0.3, 0.4) is 0 Å². The molecule has 0 aromatic heterocycles. The molecule has 12 heavy (non-hydrogen) atoms. The Bertz CT molecular complexity index is 173. The molecule has 0 saturated carbocycles. The Morgan fingerprint density at radius 2 is 2.50 bits per heavy atom. The lowest BCUT2D eigenvalue weighted by molar-refractivity contribution is 0.236. The second-order valence-corrected chi connectivity index (χ2v) is 3.47. The minimum atomic E-state index is 0.331. The van der Waals surface area contributed by atoms with Gasteiger partial charge in [-0.3, -0.25) is 4.90 Å². The van der Waals surface area contributed by atoms with Gasteiger partial charge in [0.1, 0.15) is 0 Å². The summed E-state index contributed by atoms with van der Waals surface area (Å²) in [5.74, 6) is 0. The molecule has 0 radical (unpaired) electrons. The average molecular weight is 167 g/mol. The maximum atomic E-state index is 8.59. The molecule has 0 aromatic carbocycles. The first kappa shape index (κ1) is 9.50. The summed E-state index contributed by atoms with van der Waals surface area (Å²) < 4.78 is 0. The highest BCUT2D eigenvalue weighted by Crippen LogP contribution is 2.15. The fraction of sp³-hybridized carbons (Fsp3) is 0.889. The summed E-state index contributed by atoms with van der Waals surface area (Å²) in [4.78, 5) is 2.34. The van der Waals surface area contributed by atoms with Crippen LogP contribution in [0.15, 0.2) is 0 Å². The van der Waals surface area contributed by atoms with Crippen molar-refractivity contribution in [2.75, 3.05) is 13.1 Å². The topological polar surface area (TPSA) is 53.0 Å². The van der Waals surface area contributed by atoms with Crippen LogP contribution in [0.2, 0.25) is 0 Å². The lowest BCUT2D eigenvalue weighted by Gasteiger charge is -2.24. The van der Waals surface area contributed by atoms with Crippen molar-refractivity contribution in [3.05, 3.63) is 0 Å². The second-order valence-electron chi connectivity index (χ2n) is 3.47. The Balaban J connectivity index is 2.39. The van der Waals surface area contributed by atoms with Gasteiger partial charge in [-0.05, 0) is 12.8 Å². The molecule has 1 aliphatic rings. The van der Waals surface area contributed by atoms with Crippen molar-refractivity contribution >= 4 is 0 Å². The van der Waals surface area contributed by atoms with Crippen molar-refractivity contribution in [3.63, 3.8) is 0 Å². The molecule has 3 nitrogen and oxygen atoms in total. The number of likely N-dealkylation sites (tertiary alicyclic amines) is 1. The summed E-state index contributed by atoms with van der Waals surface area (Å²) in [6, 6.07) is 2.99. The fourth-order valence-electron chi connectivity index (χ4n) is 1.78. The van der Waals surface area contributed by atoms with Crippen molar-refractivity contribution in [1.82, 2.24) is 4.90 Å². The first-order chi connectivity index (χ1) is 5.77. The molecule has 1 aliphatic heterocycles. The van der Waals surface area contributed by atoms with E-state index in [-0.39, 0.29) is 0 Å². The van der Waals surface area contributed by atoms with E-state index in [1.165, 1.54) is 0 Å². The van der Waals surface area contributed by atoms with Crippen LogP contribution >= 0.6 is 0 Å². The summed E-state index contributed by atoms with van der Waals surface area (Å²) in [5.41, 5.74) is 5.79. The zero-order chi connectivity index (χ0) is 8.97. The Hall–Kier alpha value is -0.590. The van der Waals surface area contributed by atoms with Crippen LogP contribution in [0.1, 0.15) is 26.2 Å². The molecule has 1 fully saturated rings. The van der Waals surface area contributed by atoms with Gasteiger partial charge in [-0.25, -0.2) is 0 Å². The summed E-state index contributed by atoms with van der Waals surface area (Å²) in [7, 11) is 0. The predicted octanol–water partition coefficient (Wildman–Crippen LogP) is 0.712. The maximum absolute atomic E-state index is 8.59. The smallest absolute Gasteiger partial charge is 0.0638 e. The standard InChI is InChI=1S/C9H17N3/c1-2-9(3-5-10)12-6-4-8(11)7-12/h8-9H,2-4,6-7,11H2,1H3/t8-,9?/m1/s1. The van der Waals surface area contributed by atoms with Gasteiger partial charge in [0.25, 0.3) is 0 Å². The molecule has 0 bridgehead atoms. The molecule has 2 atom stereocenters. The molecular formula is C9H17N3. The van der Waals surface area contributed by atoms with E-state index in [0.717, 1.165) is 25.9 Å². The molecule has 0 amide bonds. The van der Waals surface area contributed by atoms with Gasteiger partial charge < -0.3 is 5.73 Å². The first-order valence-corrected chi connectivity index (χ1v) is 4.64. The van der Waals surface area contributed by atoms with E-state index in [0.29, 0.717) is 18.5 Å². The average Bonchev–Trinajstić information content (AvgIpc) is 2.47. The van der Waals surface area contributed by atoms with Gasteiger partial charge in [0.15, 0.2) is 0 Å². The van der Waals surface area contributed by atoms with Gasteiger partial charge in [0, 0.05) is 25.2 Å². The number of hydrogen-bond acceptors (Lipinski definition) is 3. The third-order valence-electron chi connectivity index (χ3n) is 2.57. The number of rotatable bonds is 3. The third kappa shape index (κ3) is 2.20. The van der Waals surface area contributed by atoms with Crippen molar-refractivity contribution in [2.24, 2.45) is 5.73 Å². The fourth-order valence-corrected chi connectivity index (χ4v) is 1.78. The number of hydrogen-bond donors (Lipinski definition) is 1. The molecule has 2 N–H and O–H groups in total. The maximum Gasteiger partial charge on any atom is 0.0638 e. The molecular weight excluding hydrogens is 150 g/mol. The number of nitriles is 1. The highest BCUT2D eigenvalue weighted by atomic mass is 15.2. The van der Waals surface area contributed by atoms with Crippen LogP contribution in [-0.4, -0.2) is 30.1 Å². The minimum absolute atomic E-state index is 0.331. The minimum Gasteiger partial charge on any atom is -0.326 e. The second kappa shape index (κ2) is 4.44. The molecule has 0 aromatic rings. The SMILES string of the molecule is CCC(CC#N)N1CC[C@@H](N)C1. The predicted molar refractivity (Wildman–Crippen MR) is 48.5 cm³/mol. The van der Waals surface area contributed by atoms with Crippen molar-refractivity contribution < 1.29 is 0 Å². The van der Waals surface area contributed by atoms with Crippen LogP contribution in [0.5, 0.6) is 0 Å². The van der Waals surface area contributed by atoms with Crippen molar-refractivity contribution in [3.8, 4) is 6.07 Å². The van der Waals surface area contributed by atoms with Crippen LogP contribution in [0, 0.1) is 11.3 Å². The van der Waals surface area contributed by atoms with Gasteiger partial charge in [0.2, 0.25) is 0 Å². The molecule has 1 saturated heterocycles. The molecule has 1 heterocycles. The number of nitrogens with two attached hydrogens (primary N) is 1. The van der Waals surface area contributed by atoms with Crippen molar-refractivity contribution in [2.45, 2.75) is 38.3 Å². The molecule has 0 aliphatic carbocycles. The van der Waals surface area contributed by atoms with E-state index in [9.17, 15) is 0 Å². The Morgan fingerprint density at radius 3 is 2.92 bits per heavy atom. The largest absolute Gasteiger partial charge is 0.326 e. The van der Waals surface area contributed by atoms with E-state index in [1.54, 1.807) is 0 Å². The van der Waals surface area contributed by atoms with Crippen LogP contribution < -0.4 is 5.73 Å². The van der Waals surface area contributed by atoms with Crippen molar-refractivity contribution in [1.29, 1.82) is 5.26 Å². The summed E-state index contributed by atoms with van der Waals surface area (Å²) in [6.45, 7) is 4.17. The van der Waals surface area contributed by atoms with E-state index in [4.69, 9.17) is 11.0 Å². The highest BCUT2D eigenvalue weighted by Gasteiger charge is 2.24. The lowest BCUT2D eigenvalue weighted by Crippen LogP contribution is -2.34. The zero-order valence-corrected chi connectivity index (χ0v) is 7.66. The molecule has 1 rings (SSSR count). The van der Waals surface area contributed by atoms with E-state index < -0.39 is 0 Å². The summed E-state index contributed by atoms with van der Waals surface area (Å²) in [5, 5.41) is 8.59. The van der Waals surface area contributed by atoms with Gasteiger partial charge >= 0.3 is 0 Å². The highest BCUT2D eigenvalue weighted by molar-refractivity contribution is 4.87. The van der Waals surface area contributed by atoms with Gasteiger partial charge in [-0.2, -0.15) is 5.26 Å². The third-order valence-corrected chi connectivity index (χ3v) is 2.57. The van der Waals surface area contributed by atoms with Crippen LogP contribution in [0.25, 0.3) is 0 Å². The Kier molecular flexibility index (Phi) is 3.51. The Morgan fingerprint density at radius 1 is 1.75 bits per heavy atom. The Labute approximate surface area is 74.1 Å². The summed E-state index contributed by atoms with van der Waals surface area (Å²) in [6.07, 6.45) is 2.78. The lowest BCUT2D eigenvalue weighted by atomic mass is 10.1. The zero-order valence-electron chi connectivity index (χ0n) is 7.66. The van der Waals surface area contributed by atoms with E-state index >= 15 is 0 Å². The number of nitrogens with zero attached hydrogens (tertiary/aromatic N) is 2. The van der Waals surface area contributed by atoms with Gasteiger partial charge in [0.05, 0.1) is 12.5 Å². The van der Waals surface area contributed by atoms with Gasteiger partial charge in [-0.1, -0.05) is 6.92 Å². The van der Waals surface area contributed by atoms with Crippen LogP contribution in [0.4, 0.5) is 0 Å². The molecule has 1 unspecified atom stereocenters. The monoisotopic (exact) mass is 167 g/mol.